The molecule has 0 amide bonds. The van der Waals surface area contributed by atoms with Crippen LogP contribution in [0.1, 0.15) is 36.1 Å². The third kappa shape index (κ3) is 7.68. The number of hydrogen-bond donors (Lipinski definition) is 3. The normalized spacial score (nSPS) is 11.9. The number of nitrogens with zero attached hydrogens (tertiary/aromatic N) is 1. The maximum absolute atomic E-state index is 11.8. The van der Waals surface area contributed by atoms with Gasteiger partial charge in [-0.2, -0.15) is 0 Å². The monoisotopic (exact) mass is 432 g/mol. The zero-order valence-corrected chi connectivity index (χ0v) is 19.0. The summed E-state index contributed by atoms with van der Waals surface area (Å²) in [5, 5.41) is 6.58. The number of aliphatic imine (C=N–C) groups is 1. The van der Waals surface area contributed by atoms with Crippen LogP contribution in [0.2, 0.25) is 0 Å². The van der Waals surface area contributed by atoms with Gasteiger partial charge < -0.3 is 15.4 Å². The van der Waals surface area contributed by atoms with Gasteiger partial charge in [-0.3, -0.25) is 0 Å². The van der Waals surface area contributed by atoms with Crippen molar-refractivity contribution in [1.82, 2.24) is 15.4 Å². The number of benzene rings is 2. The summed E-state index contributed by atoms with van der Waals surface area (Å²) in [5.41, 5.74) is 3.90. The van der Waals surface area contributed by atoms with Gasteiger partial charge in [0.2, 0.25) is 10.0 Å². The van der Waals surface area contributed by atoms with E-state index in [9.17, 15) is 8.42 Å². The highest BCUT2D eigenvalue weighted by molar-refractivity contribution is 7.88. The molecule has 0 fully saturated rings. The Kier molecular flexibility index (Phi) is 9.14. The van der Waals surface area contributed by atoms with Gasteiger partial charge in [-0.15, -0.1) is 0 Å². The van der Waals surface area contributed by atoms with Gasteiger partial charge in [0.15, 0.2) is 5.96 Å². The van der Waals surface area contributed by atoms with Crippen molar-refractivity contribution in [2.24, 2.45) is 4.99 Å². The number of nitrogens with one attached hydrogen (secondary N) is 3. The van der Waals surface area contributed by atoms with Crippen LogP contribution in [0.25, 0.3) is 0 Å². The summed E-state index contributed by atoms with van der Waals surface area (Å²) in [4.78, 5) is 4.64. The number of ether oxygens (including phenoxy) is 1. The Hall–Kier alpha value is -2.58. The molecule has 0 heterocycles. The summed E-state index contributed by atoms with van der Waals surface area (Å²) in [6.07, 6.45) is 0. The number of aryl methyl sites for hydroxylation is 1. The predicted octanol–water partition coefficient (Wildman–Crippen LogP) is 2.70. The summed E-state index contributed by atoms with van der Waals surface area (Å²) >= 11 is 0. The van der Waals surface area contributed by atoms with Crippen LogP contribution in [0.15, 0.2) is 47.5 Å². The van der Waals surface area contributed by atoms with E-state index in [0.29, 0.717) is 25.7 Å². The highest BCUT2D eigenvalue weighted by Gasteiger charge is 2.09. The van der Waals surface area contributed by atoms with Crippen LogP contribution in [0.4, 0.5) is 0 Å². The number of rotatable bonds is 10. The van der Waals surface area contributed by atoms with Gasteiger partial charge in [-0.1, -0.05) is 36.4 Å². The van der Waals surface area contributed by atoms with E-state index < -0.39 is 10.0 Å². The minimum absolute atomic E-state index is 0.0486. The fourth-order valence-corrected chi connectivity index (χ4v) is 3.66. The van der Waals surface area contributed by atoms with Crippen molar-refractivity contribution in [2.75, 3.05) is 20.2 Å². The highest BCUT2D eigenvalue weighted by atomic mass is 32.2. The molecule has 0 saturated heterocycles. The molecule has 8 heteroatoms. The molecule has 3 N–H and O–H groups in total. The van der Waals surface area contributed by atoms with E-state index in [4.69, 9.17) is 4.74 Å². The van der Waals surface area contributed by atoms with E-state index in [1.165, 1.54) is 7.05 Å². The maximum atomic E-state index is 11.8. The molecule has 2 rings (SSSR count). The van der Waals surface area contributed by atoms with Gasteiger partial charge in [-0.25, -0.2) is 18.1 Å². The first-order valence-corrected chi connectivity index (χ1v) is 11.8. The second-order valence-corrected chi connectivity index (χ2v) is 8.80. The average molecular weight is 433 g/mol. The van der Waals surface area contributed by atoms with E-state index in [2.05, 4.69) is 32.5 Å². The van der Waals surface area contributed by atoms with E-state index >= 15 is 0 Å². The Morgan fingerprint density at radius 3 is 2.53 bits per heavy atom. The van der Waals surface area contributed by atoms with E-state index in [1.807, 2.05) is 45.0 Å². The molecule has 164 valence electrons. The summed E-state index contributed by atoms with van der Waals surface area (Å²) < 4.78 is 31.6. The Balaban J connectivity index is 2.08. The molecule has 0 radical (unpaired) electrons. The van der Waals surface area contributed by atoms with Crippen molar-refractivity contribution in [3.05, 3.63) is 64.7 Å². The Labute approximate surface area is 180 Å². The van der Waals surface area contributed by atoms with Crippen LogP contribution in [-0.4, -0.2) is 34.6 Å². The Morgan fingerprint density at radius 2 is 1.83 bits per heavy atom. The predicted molar refractivity (Wildman–Crippen MR) is 122 cm³/mol. The maximum Gasteiger partial charge on any atom is 0.215 e. The zero-order valence-electron chi connectivity index (χ0n) is 18.2. The van der Waals surface area contributed by atoms with Gasteiger partial charge in [-0.05, 0) is 50.6 Å². The third-order valence-corrected chi connectivity index (χ3v) is 5.73. The molecule has 0 spiro atoms. The molecule has 0 atom stereocenters. The van der Waals surface area contributed by atoms with Crippen LogP contribution < -0.4 is 20.1 Å². The molecule has 7 nitrogen and oxygen atoms in total. The number of sulfonamides is 1. The summed E-state index contributed by atoms with van der Waals surface area (Å²) in [6, 6.07) is 13.6. The van der Waals surface area contributed by atoms with Crippen molar-refractivity contribution < 1.29 is 13.2 Å². The first-order valence-electron chi connectivity index (χ1n) is 10.1. The van der Waals surface area contributed by atoms with Crippen LogP contribution in [-0.2, 0) is 28.9 Å². The second kappa shape index (κ2) is 11.6. The summed E-state index contributed by atoms with van der Waals surface area (Å²) in [6.45, 7) is 8.40. The molecule has 2 aromatic rings. The lowest BCUT2D eigenvalue weighted by Gasteiger charge is -2.15. The first kappa shape index (κ1) is 23.7. The molecule has 30 heavy (non-hydrogen) atoms. The topological polar surface area (TPSA) is 91.8 Å². The Morgan fingerprint density at radius 1 is 1.07 bits per heavy atom. The molecular formula is C22H32N4O3S. The third-order valence-electron chi connectivity index (χ3n) is 4.39. The SMILES string of the molecule is CCNC(=NCc1cccc(CS(=O)(=O)NC)c1)NCc1ccc(C)cc1OCC. The summed E-state index contributed by atoms with van der Waals surface area (Å²) in [5.74, 6) is 1.51. The van der Waals surface area contributed by atoms with Crippen LogP contribution >= 0.6 is 0 Å². The van der Waals surface area contributed by atoms with Crippen molar-refractivity contribution in [3.63, 3.8) is 0 Å². The molecule has 0 aliphatic carbocycles. The average Bonchev–Trinajstić information content (AvgIpc) is 2.71. The minimum atomic E-state index is -3.30. The molecule has 0 bridgehead atoms. The molecule has 0 aliphatic heterocycles. The van der Waals surface area contributed by atoms with E-state index in [1.54, 1.807) is 6.07 Å². The molecular weight excluding hydrogens is 400 g/mol. The van der Waals surface area contributed by atoms with Gasteiger partial charge in [0.25, 0.3) is 0 Å². The first-order chi connectivity index (χ1) is 14.4. The van der Waals surface area contributed by atoms with Gasteiger partial charge in [0, 0.05) is 18.7 Å². The lowest BCUT2D eigenvalue weighted by atomic mass is 10.1. The van der Waals surface area contributed by atoms with Gasteiger partial charge in [0.1, 0.15) is 5.75 Å². The second-order valence-electron chi connectivity index (χ2n) is 6.88. The lowest BCUT2D eigenvalue weighted by Crippen LogP contribution is -2.36. The standard InChI is InChI=1S/C22H32N4O3S/c1-5-24-22(26-15-20-11-10-17(3)12-21(20)29-6-2)25-14-18-8-7-9-19(13-18)16-30(27,28)23-4/h7-13,23H,5-6,14-16H2,1-4H3,(H2,24,25,26). The van der Waals surface area contributed by atoms with Gasteiger partial charge >= 0.3 is 0 Å². The number of guanidine groups is 1. The van der Waals surface area contributed by atoms with Crippen molar-refractivity contribution in [3.8, 4) is 5.75 Å². The smallest absolute Gasteiger partial charge is 0.215 e. The Bertz CT molecular complexity index is 959. The van der Waals surface area contributed by atoms with Crippen molar-refractivity contribution >= 4 is 16.0 Å². The quantitative estimate of drug-likeness (QED) is 0.397. The molecule has 0 unspecified atom stereocenters. The molecule has 0 aliphatic rings. The van der Waals surface area contributed by atoms with Crippen molar-refractivity contribution in [1.29, 1.82) is 0 Å². The van der Waals surface area contributed by atoms with Crippen LogP contribution in [0, 0.1) is 6.92 Å². The fourth-order valence-electron chi connectivity index (χ4n) is 2.90. The molecule has 0 aromatic heterocycles. The largest absolute Gasteiger partial charge is 0.494 e. The van der Waals surface area contributed by atoms with Gasteiger partial charge in [0.05, 0.1) is 18.9 Å². The van der Waals surface area contributed by atoms with E-state index in [0.717, 1.165) is 34.5 Å². The van der Waals surface area contributed by atoms with Crippen LogP contribution in [0.5, 0.6) is 5.75 Å². The summed E-state index contributed by atoms with van der Waals surface area (Å²) in [7, 11) is -1.88. The van der Waals surface area contributed by atoms with Crippen LogP contribution in [0.3, 0.4) is 0 Å². The van der Waals surface area contributed by atoms with E-state index in [-0.39, 0.29) is 5.75 Å². The lowest BCUT2D eigenvalue weighted by molar-refractivity contribution is 0.336. The van der Waals surface area contributed by atoms with Crippen molar-refractivity contribution in [2.45, 2.75) is 39.6 Å². The minimum Gasteiger partial charge on any atom is -0.494 e. The number of hydrogen-bond acceptors (Lipinski definition) is 4. The highest BCUT2D eigenvalue weighted by Crippen LogP contribution is 2.20. The molecule has 2 aromatic carbocycles. The fraction of sp³-hybridized carbons (Fsp3) is 0.409. The molecule has 0 saturated carbocycles. The zero-order chi connectivity index (χ0) is 22.0.